The summed E-state index contributed by atoms with van der Waals surface area (Å²) in [5, 5.41) is 9.59. The zero-order chi connectivity index (χ0) is 15.0. The van der Waals surface area contributed by atoms with Gasteiger partial charge in [-0.2, -0.15) is 0 Å². The van der Waals surface area contributed by atoms with Crippen molar-refractivity contribution in [1.29, 1.82) is 0 Å². The van der Waals surface area contributed by atoms with Crippen molar-refractivity contribution in [3.8, 4) is 11.4 Å². The number of nitrogens with zero attached hydrogens (tertiary/aromatic N) is 2. The van der Waals surface area contributed by atoms with Gasteiger partial charge >= 0.3 is 5.97 Å². The molecule has 0 aliphatic rings. The second-order valence-corrected chi connectivity index (χ2v) is 4.88. The van der Waals surface area contributed by atoms with Gasteiger partial charge in [0.1, 0.15) is 12.1 Å². The Balaban J connectivity index is 2.22. The Morgan fingerprint density at radius 2 is 2.10 bits per heavy atom. The van der Waals surface area contributed by atoms with Gasteiger partial charge in [0.25, 0.3) is 0 Å². The van der Waals surface area contributed by atoms with E-state index in [1.54, 1.807) is 43.8 Å². The number of hydrogen-bond acceptors (Lipinski definition) is 3. The van der Waals surface area contributed by atoms with Crippen LogP contribution in [0.2, 0.25) is 5.02 Å². The molecule has 0 saturated carbocycles. The van der Waals surface area contributed by atoms with Gasteiger partial charge in [0.2, 0.25) is 0 Å². The summed E-state index contributed by atoms with van der Waals surface area (Å²) < 4.78 is 7.14. The molecule has 0 fully saturated rings. The van der Waals surface area contributed by atoms with E-state index in [4.69, 9.17) is 21.4 Å². The first-order valence-electron chi connectivity index (χ1n) is 6.14. The second kappa shape index (κ2) is 5.10. The third kappa shape index (κ3) is 2.32. The minimum atomic E-state index is -0.980. The number of fused-ring (bicyclic) bond motifs is 1. The molecule has 1 aromatic heterocycles. The molecule has 0 unspecified atom stereocenters. The Hall–Kier alpha value is -2.53. The number of aromatic carboxylic acids is 1. The predicted molar refractivity (Wildman–Crippen MR) is 79.6 cm³/mol. The first kappa shape index (κ1) is 13.5. The third-order valence-electron chi connectivity index (χ3n) is 3.19. The molecule has 0 aliphatic carbocycles. The molecule has 0 radical (unpaired) electrons. The van der Waals surface area contributed by atoms with Gasteiger partial charge in [-0.15, -0.1) is 0 Å². The number of halogens is 1. The van der Waals surface area contributed by atoms with E-state index >= 15 is 0 Å². The van der Waals surface area contributed by atoms with Crippen LogP contribution in [0.5, 0.6) is 5.75 Å². The van der Waals surface area contributed by atoms with Crippen molar-refractivity contribution in [2.24, 2.45) is 0 Å². The molecule has 0 bridgehead atoms. The van der Waals surface area contributed by atoms with Crippen molar-refractivity contribution >= 4 is 28.6 Å². The van der Waals surface area contributed by atoms with E-state index in [9.17, 15) is 4.79 Å². The first-order chi connectivity index (χ1) is 10.1. The average Bonchev–Trinajstić information content (AvgIpc) is 2.89. The minimum Gasteiger partial charge on any atom is -0.495 e. The van der Waals surface area contributed by atoms with Crippen LogP contribution in [0.3, 0.4) is 0 Å². The van der Waals surface area contributed by atoms with E-state index in [0.717, 1.165) is 11.2 Å². The summed E-state index contributed by atoms with van der Waals surface area (Å²) in [7, 11) is 1.58. The van der Waals surface area contributed by atoms with E-state index in [-0.39, 0.29) is 5.56 Å². The maximum atomic E-state index is 11.0. The quantitative estimate of drug-likeness (QED) is 0.805. The zero-order valence-corrected chi connectivity index (χ0v) is 11.8. The number of hydrogen-bond donors (Lipinski definition) is 1. The van der Waals surface area contributed by atoms with Crippen molar-refractivity contribution in [3.63, 3.8) is 0 Å². The van der Waals surface area contributed by atoms with Gasteiger partial charge in [-0.3, -0.25) is 4.57 Å². The number of imidazole rings is 1. The summed E-state index contributed by atoms with van der Waals surface area (Å²) in [5.74, 6) is -0.326. The number of rotatable bonds is 3. The van der Waals surface area contributed by atoms with Crippen LogP contribution in [0, 0.1) is 0 Å². The smallest absolute Gasteiger partial charge is 0.335 e. The number of carboxylic acid groups (broad SMARTS) is 1. The number of benzene rings is 2. The fourth-order valence-corrected chi connectivity index (χ4v) is 2.36. The predicted octanol–water partition coefficient (Wildman–Crippen LogP) is 3.39. The lowest BCUT2D eigenvalue weighted by molar-refractivity contribution is 0.0697. The van der Waals surface area contributed by atoms with Crippen LogP contribution < -0.4 is 4.74 Å². The standard InChI is InChI=1S/C15H11ClN2O3/c1-21-14-5-3-10(16)7-13(14)18-8-17-11-6-9(15(19)20)2-4-12(11)18/h2-8H,1H3,(H,19,20). The molecule has 21 heavy (non-hydrogen) atoms. The topological polar surface area (TPSA) is 64.4 Å². The largest absolute Gasteiger partial charge is 0.495 e. The number of carbonyl (C=O) groups is 1. The van der Waals surface area contributed by atoms with Crippen molar-refractivity contribution in [2.45, 2.75) is 0 Å². The van der Waals surface area contributed by atoms with E-state index < -0.39 is 5.97 Å². The van der Waals surface area contributed by atoms with Gasteiger partial charge < -0.3 is 9.84 Å². The highest BCUT2D eigenvalue weighted by atomic mass is 35.5. The summed E-state index contributed by atoms with van der Waals surface area (Å²) in [4.78, 5) is 15.2. The summed E-state index contributed by atoms with van der Waals surface area (Å²) >= 11 is 6.04. The van der Waals surface area contributed by atoms with Gasteiger partial charge in [0.05, 0.1) is 29.4 Å². The number of aromatic nitrogens is 2. The van der Waals surface area contributed by atoms with Gasteiger partial charge in [-0.1, -0.05) is 11.6 Å². The zero-order valence-electron chi connectivity index (χ0n) is 11.1. The monoisotopic (exact) mass is 302 g/mol. The number of carboxylic acids is 1. The molecule has 2 aromatic carbocycles. The SMILES string of the molecule is COc1ccc(Cl)cc1-n1cnc2cc(C(=O)O)ccc21. The number of ether oxygens (including phenoxy) is 1. The molecule has 6 heteroatoms. The van der Waals surface area contributed by atoms with Crippen molar-refractivity contribution < 1.29 is 14.6 Å². The van der Waals surface area contributed by atoms with Gasteiger partial charge in [0, 0.05) is 5.02 Å². The fourth-order valence-electron chi connectivity index (χ4n) is 2.19. The van der Waals surface area contributed by atoms with E-state index in [1.165, 1.54) is 6.07 Å². The van der Waals surface area contributed by atoms with Gasteiger partial charge in [-0.25, -0.2) is 9.78 Å². The maximum Gasteiger partial charge on any atom is 0.335 e. The molecule has 106 valence electrons. The highest BCUT2D eigenvalue weighted by Gasteiger charge is 2.12. The average molecular weight is 303 g/mol. The molecule has 0 saturated heterocycles. The Bertz CT molecular complexity index is 842. The molecule has 0 aliphatic heterocycles. The van der Waals surface area contributed by atoms with E-state index in [0.29, 0.717) is 16.3 Å². The molecule has 5 nitrogen and oxygen atoms in total. The molecule has 1 heterocycles. The summed E-state index contributed by atoms with van der Waals surface area (Å²) in [6.07, 6.45) is 1.62. The molecular weight excluding hydrogens is 292 g/mol. The minimum absolute atomic E-state index is 0.200. The van der Waals surface area contributed by atoms with Crippen LogP contribution in [0.25, 0.3) is 16.7 Å². The Morgan fingerprint density at radius 1 is 1.29 bits per heavy atom. The highest BCUT2D eigenvalue weighted by Crippen LogP contribution is 2.29. The summed E-state index contributed by atoms with van der Waals surface area (Å²) in [6.45, 7) is 0. The molecule has 3 rings (SSSR count). The maximum absolute atomic E-state index is 11.0. The number of methoxy groups -OCH3 is 1. The van der Waals surface area contributed by atoms with Gasteiger partial charge in [0.15, 0.2) is 0 Å². The van der Waals surface area contributed by atoms with Crippen LogP contribution in [0.1, 0.15) is 10.4 Å². The molecule has 1 N–H and O–H groups in total. The fraction of sp³-hybridized carbons (Fsp3) is 0.0667. The van der Waals surface area contributed by atoms with Crippen molar-refractivity contribution in [1.82, 2.24) is 9.55 Å². The lowest BCUT2D eigenvalue weighted by atomic mass is 10.2. The lowest BCUT2D eigenvalue weighted by Crippen LogP contribution is -1.98. The van der Waals surface area contributed by atoms with Crippen LogP contribution in [-0.2, 0) is 0 Å². The van der Waals surface area contributed by atoms with E-state index in [1.807, 2.05) is 4.57 Å². The molecule has 3 aromatic rings. The Labute approximate surface area is 125 Å². The lowest BCUT2D eigenvalue weighted by Gasteiger charge is -2.10. The molecular formula is C15H11ClN2O3. The third-order valence-corrected chi connectivity index (χ3v) is 3.43. The van der Waals surface area contributed by atoms with Crippen LogP contribution in [0.15, 0.2) is 42.7 Å². The van der Waals surface area contributed by atoms with Gasteiger partial charge in [-0.05, 0) is 36.4 Å². The summed E-state index contributed by atoms with van der Waals surface area (Å²) in [5.41, 5.74) is 2.32. The van der Waals surface area contributed by atoms with Crippen LogP contribution in [-0.4, -0.2) is 27.7 Å². The Morgan fingerprint density at radius 3 is 2.81 bits per heavy atom. The summed E-state index contributed by atoms with van der Waals surface area (Å²) in [6, 6.07) is 10.1. The first-order valence-corrected chi connectivity index (χ1v) is 6.52. The van der Waals surface area contributed by atoms with Crippen molar-refractivity contribution in [2.75, 3.05) is 7.11 Å². The molecule has 0 atom stereocenters. The highest BCUT2D eigenvalue weighted by molar-refractivity contribution is 6.30. The van der Waals surface area contributed by atoms with E-state index in [2.05, 4.69) is 4.98 Å². The molecule has 0 amide bonds. The van der Waals surface area contributed by atoms with Crippen molar-refractivity contribution in [3.05, 3.63) is 53.3 Å². The normalized spacial score (nSPS) is 10.8. The van der Waals surface area contributed by atoms with Crippen LogP contribution >= 0.6 is 11.6 Å². The Kier molecular flexibility index (Phi) is 3.27. The second-order valence-electron chi connectivity index (χ2n) is 4.44. The van der Waals surface area contributed by atoms with Crippen LogP contribution in [0.4, 0.5) is 0 Å². The molecule has 0 spiro atoms.